The highest BCUT2D eigenvalue weighted by atomic mass is 32.1. The van der Waals surface area contributed by atoms with Crippen molar-refractivity contribution in [3.05, 3.63) is 15.8 Å². The number of hydrogen-bond donors (Lipinski definition) is 1. The van der Waals surface area contributed by atoms with Crippen LogP contribution in [0.5, 0.6) is 0 Å². The first-order valence-corrected chi connectivity index (χ1v) is 7.34. The summed E-state index contributed by atoms with van der Waals surface area (Å²) in [7, 11) is 0. The molecule has 0 bridgehead atoms. The third-order valence-corrected chi connectivity index (χ3v) is 4.85. The molecule has 0 aromatic carbocycles. The summed E-state index contributed by atoms with van der Waals surface area (Å²) in [6, 6.07) is 1.77. The number of ether oxygens (including phenoxy) is 2. The van der Waals surface area contributed by atoms with Gasteiger partial charge in [-0.2, -0.15) is 0 Å². The molecule has 2 saturated heterocycles. The molecule has 6 heteroatoms. The normalized spacial score (nSPS) is 22.1. The topological polar surface area (TPSA) is 64.8 Å². The maximum atomic E-state index is 12.4. The number of nitrogen functional groups attached to an aromatic ring is 1. The first kappa shape index (κ1) is 12.9. The summed E-state index contributed by atoms with van der Waals surface area (Å²) in [5.74, 6) is -0.362. The molecule has 1 amide bonds. The molecular weight excluding hydrogens is 264 g/mol. The highest BCUT2D eigenvalue weighted by molar-refractivity contribution is 7.14. The lowest BCUT2D eigenvalue weighted by atomic mass is 10.0. The second-order valence-corrected chi connectivity index (χ2v) is 6.28. The highest BCUT2D eigenvalue weighted by Gasteiger charge is 2.41. The average molecular weight is 282 g/mol. The number of hydrogen-bond acceptors (Lipinski definition) is 5. The van der Waals surface area contributed by atoms with Gasteiger partial charge in [0.1, 0.15) is 0 Å². The van der Waals surface area contributed by atoms with Crippen molar-refractivity contribution in [2.45, 2.75) is 25.6 Å². The second-order valence-electron chi connectivity index (χ2n) is 5.02. The largest absolute Gasteiger partial charge is 0.398 e. The summed E-state index contributed by atoms with van der Waals surface area (Å²) >= 11 is 1.46. The van der Waals surface area contributed by atoms with Gasteiger partial charge in [-0.1, -0.05) is 0 Å². The van der Waals surface area contributed by atoms with Crippen LogP contribution in [-0.4, -0.2) is 42.9 Å². The molecule has 3 rings (SSSR count). The summed E-state index contributed by atoms with van der Waals surface area (Å²) in [6.45, 7) is 4.61. The van der Waals surface area contributed by atoms with Gasteiger partial charge in [0.25, 0.3) is 5.91 Å². The van der Waals surface area contributed by atoms with E-state index in [2.05, 4.69) is 0 Å². The van der Waals surface area contributed by atoms with Crippen molar-refractivity contribution in [2.24, 2.45) is 0 Å². The maximum Gasteiger partial charge on any atom is 0.264 e. The molecule has 19 heavy (non-hydrogen) atoms. The minimum atomic E-state index is -0.429. The predicted molar refractivity (Wildman–Crippen MR) is 73.2 cm³/mol. The summed E-state index contributed by atoms with van der Waals surface area (Å²) in [5.41, 5.74) is 6.50. The number of nitrogens with zero attached hydrogens (tertiary/aromatic N) is 1. The van der Waals surface area contributed by atoms with Gasteiger partial charge < -0.3 is 20.1 Å². The van der Waals surface area contributed by atoms with Crippen molar-refractivity contribution in [1.82, 2.24) is 4.90 Å². The predicted octanol–water partition coefficient (Wildman–Crippen LogP) is 1.62. The summed E-state index contributed by atoms with van der Waals surface area (Å²) < 4.78 is 11.3. The Balaban J connectivity index is 1.66. The standard InChI is InChI=1S/C13H18N2O3S/c1-9-10(14)8-11(19-9)12(16)15-4-2-13(3-5-15)17-6-7-18-13/h8H,2-7,14H2,1H3. The Kier molecular flexibility index (Phi) is 3.24. The number of rotatable bonds is 1. The number of thiophene rings is 1. The van der Waals surface area contributed by atoms with Gasteiger partial charge in [0, 0.05) is 36.5 Å². The molecule has 2 fully saturated rings. The number of likely N-dealkylation sites (tertiary alicyclic amines) is 1. The Bertz CT molecular complexity index is 465. The van der Waals surface area contributed by atoms with Crippen LogP contribution < -0.4 is 5.73 Å². The number of nitrogens with two attached hydrogens (primary N) is 1. The third-order valence-electron chi connectivity index (χ3n) is 3.79. The zero-order valence-corrected chi connectivity index (χ0v) is 11.8. The van der Waals surface area contributed by atoms with Gasteiger partial charge in [-0.15, -0.1) is 11.3 Å². The summed E-state index contributed by atoms with van der Waals surface area (Å²) in [6.07, 6.45) is 1.50. The summed E-state index contributed by atoms with van der Waals surface area (Å²) in [4.78, 5) is 16.0. The molecule has 0 unspecified atom stereocenters. The number of aryl methyl sites for hydroxylation is 1. The van der Waals surface area contributed by atoms with Gasteiger partial charge in [-0.25, -0.2) is 0 Å². The molecule has 2 aliphatic heterocycles. The van der Waals surface area contributed by atoms with Crippen LogP contribution in [0.25, 0.3) is 0 Å². The average Bonchev–Trinajstić information content (AvgIpc) is 2.98. The lowest BCUT2D eigenvalue weighted by Crippen LogP contribution is -2.47. The molecule has 0 aliphatic carbocycles. The van der Waals surface area contributed by atoms with Crippen LogP contribution in [0.15, 0.2) is 6.07 Å². The van der Waals surface area contributed by atoms with Crippen molar-refractivity contribution in [2.75, 3.05) is 32.0 Å². The van der Waals surface area contributed by atoms with E-state index in [0.717, 1.165) is 22.6 Å². The zero-order valence-electron chi connectivity index (χ0n) is 11.0. The fourth-order valence-electron chi connectivity index (χ4n) is 2.59. The SMILES string of the molecule is Cc1sc(C(=O)N2CCC3(CC2)OCCO3)cc1N. The maximum absolute atomic E-state index is 12.4. The van der Waals surface area contributed by atoms with E-state index in [9.17, 15) is 4.79 Å². The molecule has 2 aliphatic rings. The second kappa shape index (κ2) is 4.77. The lowest BCUT2D eigenvalue weighted by Gasteiger charge is -2.37. The van der Waals surface area contributed by atoms with E-state index >= 15 is 0 Å². The van der Waals surface area contributed by atoms with Crippen molar-refractivity contribution in [3.8, 4) is 0 Å². The van der Waals surface area contributed by atoms with E-state index in [1.165, 1.54) is 11.3 Å². The Morgan fingerprint density at radius 3 is 2.53 bits per heavy atom. The van der Waals surface area contributed by atoms with Gasteiger partial charge in [-0.3, -0.25) is 4.79 Å². The molecule has 1 aromatic heterocycles. The fourth-order valence-corrected chi connectivity index (χ4v) is 3.50. The first-order chi connectivity index (χ1) is 9.10. The minimum absolute atomic E-state index is 0.0673. The van der Waals surface area contributed by atoms with Crippen LogP contribution in [0.1, 0.15) is 27.4 Å². The molecule has 0 atom stereocenters. The van der Waals surface area contributed by atoms with Crippen LogP contribution >= 0.6 is 11.3 Å². The van der Waals surface area contributed by atoms with Crippen LogP contribution in [0.2, 0.25) is 0 Å². The zero-order chi connectivity index (χ0) is 13.5. The Morgan fingerprint density at radius 2 is 2.00 bits per heavy atom. The van der Waals surface area contributed by atoms with Gasteiger partial charge in [0.2, 0.25) is 0 Å². The minimum Gasteiger partial charge on any atom is -0.398 e. The van der Waals surface area contributed by atoms with Gasteiger partial charge in [0.15, 0.2) is 5.79 Å². The van der Waals surface area contributed by atoms with Crippen molar-refractivity contribution < 1.29 is 14.3 Å². The molecule has 3 heterocycles. The van der Waals surface area contributed by atoms with E-state index in [-0.39, 0.29) is 5.91 Å². The molecular formula is C13H18N2O3S. The third kappa shape index (κ3) is 2.35. The molecule has 1 aromatic rings. The molecule has 0 radical (unpaired) electrons. The van der Waals surface area contributed by atoms with Crippen LogP contribution in [0.3, 0.4) is 0 Å². The van der Waals surface area contributed by atoms with E-state index in [1.807, 2.05) is 11.8 Å². The number of amides is 1. The Hall–Kier alpha value is -1.11. The lowest BCUT2D eigenvalue weighted by molar-refractivity contribution is -0.181. The van der Waals surface area contributed by atoms with E-state index in [1.54, 1.807) is 6.07 Å². The molecule has 1 spiro atoms. The van der Waals surface area contributed by atoms with Crippen LogP contribution in [-0.2, 0) is 9.47 Å². The highest BCUT2D eigenvalue weighted by Crippen LogP contribution is 2.32. The fraction of sp³-hybridized carbons (Fsp3) is 0.615. The number of anilines is 1. The van der Waals surface area contributed by atoms with Crippen molar-refractivity contribution >= 4 is 22.9 Å². The van der Waals surface area contributed by atoms with Crippen LogP contribution in [0.4, 0.5) is 5.69 Å². The number of carbonyl (C=O) groups excluding carboxylic acids is 1. The van der Waals surface area contributed by atoms with E-state index in [0.29, 0.717) is 32.0 Å². The monoisotopic (exact) mass is 282 g/mol. The Morgan fingerprint density at radius 1 is 1.37 bits per heavy atom. The molecule has 104 valence electrons. The molecule has 0 saturated carbocycles. The molecule has 5 nitrogen and oxygen atoms in total. The van der Waals surface area contributed by atoms with Crippen molar-refractivity contribution in [3.63, 3.8) is 0 Å². The first-order valence-electron chi connectivity index (χ1n) is 6.53. The van der Waals surface area contributed by atoms with Gasteiger partial charge >= 0.3 is 0 Å². The van der Waals surface area contributed by atoms with Gasteiger partial charge in [0.05, 0.1) is 18.1 Å². The Labute approximate surface area is 116 Å². The van der Waals surface area contributed by atoms with Crippen LogP contribution in [0, 0.1) is 6.92 Å². The van der Waals surface area contributed by atoms with Crippen molar-refractivity contribution in [1.29, 1.82) is 0 Å². The molecule has 2 N–H and O–H groups in total. The smallest absolute Gasteiger partial charge is 0.264 e. The quantitative estimate of drug-likeness (QED) is 0.850. The van der Waals surface area contributed by atoms with E-state index in [4.69, 9.17) is 15.2 Å². The summed E-state index contributed by atoms with van der Waals surface area (Å²) in [5, 5.41) is 0. The van der Waals surface area contributed by atoms with E-state index < -0.39 is 5.79 Å². The number of carbonyl (C=O) groups is 1. The van der Waals surface area contributed by atoms with Gasteiger partial charge in [-0.05, 0) is 13.0 Å². The number of piperidine rings is 1.